The Hall–Kier alpha value is -2.14. The maximum absolute atomic E-state index is 11.6. The molecule has 2 aromatic carbocycles. The lowest BCUT2D eigenvalue weighted by Crippen LogP contribution is -2.31. The highest BCUT2D eigenvalue weighted by Crippen LogP contribution is 2.43. The maximum Gasteiger partial charge on any atom is 0.308 e. The second-order valence-corrected chi connectivity index (χ2v) is 7.54. The molecular weight excluding hydrogens is 388 g/mol. The van der Waals surface area contributed by atoms with Crippen LogP contribution in [-0.2, 0) is 14.3 Å². The first kappa shape index (κ1) is 21.6. The lowest BCUT2D eigenvalue weighted by Gasteiger charge is -2.37. The smallest absolute Gasteiger partial charge is 0.308 e. The van der Waals surface area contributed by atoms with E-state index in [1.165, 1.54) is 6.92 Å². The van der Waals surface area contributed by atoms with E-state index in [1.807, 2.05) is 42.5 Å². The molecule has 0 aromatic heterocycles. The van der Waals surface area contributed by atoms with Crippen molar-refractivity contribution in [2.75, 3.05) is 6.61 Å². The lowest BCUT2D eigenvalue weighted by atomic mass is 9.91. The third-order valence-electron chi connectivity index (χ3n) is 4.86. The van der Waals surface area contributed by atoms with Crippen molar-refractivity contribution in [3.05, 3.63) is 76.8 Å². The van der Waals surface area contributed by atoms with Crippen molar-refractivity contribution in [1.29, 1.82) is 0 Å². The summed E-state index contributed by atoms with van der Waals surface area (Å²) in [4.78, 5) is 11.6. The predicted octanol–water partition coefficient (Wildman–Crippen LogP) is 6.41. The Morgan fingerprint density at radius 1 is 1.14 bits per heavy atom. The van der Waals surface area contributed by atoms with Gasteiger partial charge in [0.05, 0.1) is 12.7 Å². The predicted molar refractivity (Wildman–Crippen MR) is 114 cm³/mol. The first-order valence-corrected chi connectivity index (χ1v) is 10.4. The molecule has 1 aliphatic heterocycles. The van der Waals surface area contributed by atoms with Gasteiger partial charge in [-0.15, -0.1) is 0 Å². The number of halogens is 1. The van der Waals surface area contributed by atoms with Crippen LogP contribution < -0.4 is 4.74 Å². The van der Waals surface area contributed by atoms with E-state index in [0.717, 1.165) is 30.4 Å². The van der Waals surface area contributed by atoms with Gasteiger partial charge in [-0.25, -0.2) is 0 Å². The molecule has 0 aliphatic carbocycles. The van der Waals surface area contributed by atoms with Gasteiger partial charge in [0.25, 0.3) is 0 Å². The van der Waals surface area contributed by atoms with Crippen molar-refractivity contribution in [1.82, 2.24) is 0 Å². The van der Waals surface area contributed by atoms with E-state index in [-0.39, 0.29) is 18.0 Å². The molecule has 4 nitrogen and oxygen atoms in total. The number of ether oxygens (including phenoxy) is 3. The number of para-hydroxylation sites is 1. The van der Waals surface area contributed by atoms with E-state index in [2.05, 4.69) is 19.1 Å². The van der Waals surface area contributed by atoms with Gasteiger partial charge in [0, 0.05) is 29.0 Å². The lowest BCUT2D eigenvalue weighted by molar-refractivity contribution is -0.244. The third kappa shape index (κ3) is 5.69. The van der Waals surface area contributed by atoms with E-state index in [9.17, 15) is 4.79 Å². The van der Waals surface area contributed by atoms with Crippen molar-refractivity contribution in [3.63, 3.8) is 0 Å². The van der Waals surface area contributed by atoms with Gasteiger partial charge in [-0.1, -0.05) is 73.5 Å². The number of rotatable bonds is 7. The monoisotopic (exact) mass is 414 g/mol. The van der Waals surface area contributed by atoms with Crippen LogP contribution >= 0.6 is 11.6 Å². The first-order valence-electron chi connectivity index (χ1n) is 10.0. The Labute approximate surface area is 177 Å². The first-order chi connectivity index (χ1) is 14.1. The highest BCUT2D eigenvalue weighted by molar-refractivity contribution is 6.31. The average molecular weight is 415 g/mol. The van der Waals surface area contributed by atoms with Gasteiger partial charge in [-0.2, -0.15) is 0 Å². The minimum atomic E-state index is -0.574. The summed E-state index contributed by atoms with van der Waals surface area (Å²) in [5.41, 5.74) is 1.64. The molecule has 154 valence electrons. The Bertz CT molecular complexity index is 848. The van der Waals surface area contributed by atoms with E-state index >= 15 is 0 Å². The summed E-state index contributed by atoms with van der Waals surface area (Å²) in [7, 11) is 0. The van der Waals surface area contributed by atoms with Crippen LogP contribution in [0.5, 0.6) is 5.75 Å². The Balaban J connectivity index is 1.90. The van der Waals surface area contributed by atoms with Crippen molar-refractivity contribution in [2.24, 2.45) is 5.92 Å². The fourth-order valence-corrected chi connectivity index (χ4v) is 3.67. The number of unbranched alkanes of at least 4 members (excludes halogenated alkanes) is 1. The fraction of sp³-hybridized carbons (Fsp3) is 0.375. The topological polar surface area (TPSA) is 44.8 Å². The molecule has 0 spiro atoms. The molecule has 1 saturated heterocycles. The second kappa shape index (κ2) is 10.6. The molecule has 0 N–H and O–H groups in total. The molecule has 1 fully saturated rings. The Morgan fingerprint density at radius 2 is 1.86 bits per heavy atom. The Kier molecular flexibility index (Phi) is 7.87. The molecule has 29 heavy (non-hydrogen) atoms. The van der Waals surface area contributed by atoms with Gasteiger partial charge in [0.2, 0.25) is 0 Å². The Morgan fingerprint density at radius 3 is 2.59 bits per heavy atom. The minimum Gasteiger partial charge on any atom is -0.426 e. The summed E-state index contributed by atoms with van der Waals surface area (Å²) in [5, 5.41) is 0.603. The molecule has 0 saturated carbocycles. The standard InChI is InChI=1S/C24H27ClO4/c1-3-4-5-6-11-18-16-27-24(19-12-7-9-14-21(19)25)29-23(18)20-13-8-10-15-22(20)28-17(2)26/h5-10,12-15,18,23-24H,3-4,11,16H2,1-2H3/b6-5-/t18-,23+,24+/m1/s1. The van der Waals surface area contributed by atoms with Crippen LogP contribution in [-0.4, -0.2) is 12.6 Å². The van der Waals surface area contributed by atoms with Crippen LogP contribution in [0.3, 0.4) is 0 Å². The molecule has 0 bridgehead atoms. The van der Waals surface area contributed by atoms with Gasteiger partial charge in [0.1, 0.15) is 5.75 Å². The molecule has 3 atom stereocenters. The van der Waals surface area contributed by atoms with Gasteiger partial charge < -0.3 is 14.2 Å². The van der Waals surface area contributed by atoms with E-state index < -0.39 is 6.29 Å². The third-order valence-corrected chi connectivity index (χ3v) is 5.20. The average Bonchev–Trinajstić information content (AvgIpc) is 2.72. The highest BCUT2D eigenvalue weighted by Gasteiger charge is 2.35. The van der Waals surface area contributed by atoms with Crippen molar-refractivity contribution < 1.29 is 19.0 Å². The van der Waals surface area contributed by atoms with Crippen molar-refractivity contribution in [3.8, 4) is 5.75 Å². The van der Waals surface area contributed by atoms with E-state index in [4.69, 9.17) is 25.8 Å². The van der Waals surface area contributed by atoms with Gasteiger partial charge in [-0.05, 0) is 25.0 Å². The summed E-state index contributed by atoms with van der Waals surface area (Å²) in [6.45, 7) is 4.08. The molecule has 0 amide bonds. The molecule has 1 heterocycles. The molecule has 2 aromatic rings. The van der Waals surface area contributed by atoms with Crippen LogP contribution in [0, 0.1) is 5.92 Å². The zero-order valence-electron chi connectivity index (χ0n) is 16.8. The second-order valence-electron chi connectivity index (χ2n) is 7.13. The zero-order valence-corrected chi connectivity index (χ0v) is 17.6. The molecule has 5 heteroatoms. The van der Waals surface area contributed by atoms with Crippen molar-refractivity contribution in [2.45, 2.75) is 45.5 Å². The van der Waals surface area contributed by atoms with Gasteiger partial charge >= 0.3 is 5.97 Å². The highest BCUT2D eigenvalue weighted by atomic mass is 35.5. The zero-order chi connectivity index (χ0) is 20.6. The van der Waals surface area contributed by atoms with Crippen molar-refractivity contribution >= 4 is 17.6 Å². The van der Waals surface area contributed by atoms with E-state index in [1.54, 1.807) is 6.07 Å². The summed E-state index contributed by atoms with van der Waals surface area (Å²) < 4.78 is 17.9. The number of benzene rings is 2. The van der Waals surface area contributed by atoms with E-state index in [0.29, 0.717) is 17.4 Å². The minimum absolute atomic E-state index is 0.0959. The van der Waals surface area contributed by atoms with Gasteiger partial charge in [0.15, 0.2) is 6.29 Å². The summed E-state index contributed by atoms with van der Waals surface area (Å²) in [6, 6.07) is 15.0. The molecule has 1 aliphatic rings. The van der Waals surface area contributed by atoms with Crippen LogP contribution in [0.4, 0.5) is 0 Å². The fourth-order valence-electron chi connectivity index (χ4n) is 3.45. The number of allylic oxidation sites excluding steroid dienone is 2. The molecule has 0 unspecified atom stereocenters. The number of esters is 1. The van der Waals surface area contributed by atoms with Crippen LogP contribution in [0.1, 0.15) is 56.6 Å². The summed E-state index contributed by atoms with van der Waals surface area (Å²) >= 11 is 6.37. The van der Waals surface area contributed by atoms with Crippen LogP contribution in [0.2, 0.25) is 5.02 Å². The summed E-state index contributed by atoms with van der Waals surface area (Å²) in [5.74, 6) is 0.262. The number of carbonyl (C=O) groups is 1. The quantitative estimate of drug-likeness (QED) is 0.298. The SMILES string of the molecule is CCC/C=C\C[C@@H]1CO[C@H](c2ccccc2Cl)O[C@@H]1c1ccccc1OC(C)=O. The van der Waals surface area contributed by atoms with Gasteiger partial charge in [-0.3, -0.25) is 4.79 Å². The molecular formula is C24H27ClO4. The molecule has 3 rings (SSSR count). The van der Waals surface area contributed by atoms with Crippen LogP contribution in [0.15, 0.2) is 60.7 Å². The number of hydrogen-bond donors (Lipinski definition) is 0. The molecule has 0 radical (unpaired) electrons. The number of hydrogen-bond acceptors (Lipinski definition) is 4. The maximum atomic E-state index is 11.6. The normalized spacial score (nSPS) is 22.0. The largest absolute Gasteiger partial charge is 0.426 e. The number of carbonyl (C=O) groups excluding carboxylic acids is 1. The summed E-state index contributed by atoms with van der Waals surface area (Å²) in [6.07, 6.45) is 6.48. The van der Waals surface area contributed by atoms with Crippen LogP contribution in [0.25, 0.3) is 0 Å².